The van der Waals surface area contributed by atoms with Gasteiger partial charge >= 0.3 is 6.36 Å². The largest absolute Gasteiger partial charge is 0.573 e. The lowest BCUT2D eigenvalue weighted by molar-refractivity contribution is -0.274. The van der Waals surface area contributed by atoms with Crippen LogP contribution in [0.25, 0.3) is 11.1 Å². The van der Waals surface area contributed by atoms with Crippen LogP contribution in [-0.4, -0.2) is 50.6 Å². The number of carbonyl (C=O) groups excluding carboxylic acids is 2. The number of nitrogens with zero attached hydrogens (tertiary/aromatic N) is 5. The van der Waals surface area contributed by atoms with Crippen molar-refractivity contribution < 1.29 is 27.5 Å². The number of hydrogen-bond acceptors (Lipinski definition) is 9. The van der Waals surface area contributed by atoms with Gasteiger partial charge in [-0.1, -0.05) is 23.5 Å². The van der Waals surface area contributed by atoms with Crippen LogP contribution >= 0.6 is 11.3 Å². The fourth-order valence-electron chi connectivity index (χ4n) is 3.68. The first-order valence-corrected chi connectivity index (χ1v) is 13.0. The minimum atomic E-state index is -4.79. The van der Waals surface area contributed by atoms with Crippen molar-refractivity contribution in [2.45, 2.75) is 38.5 Å². The Morgan fingerprint density at radius 1 is 0.950 bits per heavy atom. The number of benzene rings is 1. The summed E-state index contributed by atoms with van der Waals surface area (Å²) >= 11 is 1.27. The maximum absolute atomic E-state index is 12.5. The van der Waals surface area contributed by atoms with Gasteiger partial charge in [0, 0.05) is 31.4 Å². The molecule has 0 spiro atoms. The summed E-state index contributed by atoms with van der Waals surface area (Å²) < 4.78 is 41.6. The van der Waals surface area contributed by atoms with Gasteiger partial charge in [-0.2, -0.15) is 5.10 Å². The maximum Gasteiger partial charge on any atom is 0.573 e. The fourth-order valence-corrected chi connectivity index (χ4v) is 4.51. The first kappa shape index (κ1) is 28.5. The number of unbranched alkanes of at least 4 members (excludes halogenated alkanes) is 1. The van der Waals surface area contributed by atoms with Crippen molar-refractivity contribution in [3.63, 3.8) is 0 Å². The number of carbonyl (C=O) groups is 2. The van der Waals surface area contributed by atoms with E-state index in [9.17, 15) is 22.8 Å². The summed E-state index contributed by atoms with van der Waals surface area (Å²) in [5.74, 6) is -0.641. The molecule has 4 rings (SSSR count). The average Bonchev–Trinajstić information content (AvgIpc) is 3.40. The summed E-state index contributed by atoms with van der Waals surface area (Å²) in [5, 5.41) is 22.5. The van der Waals surface area contributed by atoms with Crippen LogP contribution in [0.5, 0.6) is 5.75 Å². The fraction of sp³-hybridized carbons (Fsp3) is 0.269. The third-order valence-corrected chi connectivity index (χ3v) is 6.49. The van der Waals surface area contributed by atoms with E-state index in [4.69, 9.17) is 0 Å². The minimum Gasteiger partial charge on any atom is -0.406 e. The standard InChI is InChI=1S/C26H24F3N7O3S/c1-30-24(38)25-36-35-23(40-25)8-3-2-6-19-9-10-21(34-33-19)32-22(37)12-16-11-18(15-31-14-16)17-5-4-7-20(13-17)39-26(27,28)29/h4-5,7,9-11,13-15H,2-3,6,8,12H2,1H3,(H,30,38)(H,32,34,37). The molecule has 0 aliphatic carbocycles. The van der Waals surface area contributed by atoms with E-state index < -0.39 is 6.36 Å². The second kappa shape index (κ2) is 13.1. The molecule has 40 heavy (non-hydrogen) atoms. The molecule has 0 radical (unpaired) electrons. The third kappa shape index (κ3) is 8.53. The van der Waals surface area contributed by atoms with Gasteiger partial charge in [-0.3, -0.25) is 14.6 Å². The van der Waals surface area contributed by atoms with E-state index in [1.807, 2.05) is 0 Å². The predicted molar refractivity (Wildman–Crippen MR) is 141 cm³/mol. The Morgan fingerprint density at radius 2 is 1.77 bits per heavy atom. The molecule has 0 bridgehead atoms. The molecule has 0 saturated heterocycles. The van der Waals surface area contributed by atoms with Crippen LogP contribution < -0.4 is 15.4 Å². The second-order valence-electron chi connectivity index (χ2n) is 8.58. The molecule has 3 aromatic heterocycles. The van der Waals surface area contributed by atoms with Crippen molar-refractivity contribution in [3.05, 3.63) is 76.1 Å². The van der Waals surface area contributed by atoms with Gasteiger partial charge in [0.1, 0.15) is 10.8 Å². The van der Waals surface area contributed by atoms with Gasteiger partial charge in [-0.05, 0) is 60.7 Å². The van der Waals surface area contributed by atoms with Gasteiger partial charge in [-0.15, -0.1) is 28.5 Å². The average molecular weight is 572 g/mol. The summed E-state index contributed by atoms with van der Waals surface area (Å²) in [6.45, 7) is 0. The molecule has 14 heteroatoms. The number of anilines is 1. The molecule has 10 nitrogen and oxygen atoms in total. The van der Waals surface area contributed by atoms with Crippen LogP contribution in [0.4, 0.5) is 19.0 Å². The smallest absolute Gasteiger partial charge is 0.406 e. The minimum absolute atomic E-state index is 0.0176. The lowest BCUT2D eigenvalue weighted by Crippen LogP contribution is -2.17. The molecule has 3 heterocycles. The number of hydrogen-bond donors (Lipinski definition) is 2. The lowest BCUT2D eigenvalue weighted by atomic mass is 10.0. The van der Waals surface area contributed by atoms with E-state index in [0.29, 0.717) is 40.4 Å². The van der Waals surface area contributed by atoms with E-state index in [1.165, 1.54) is 41.9 Å². The molecule has 2 amide bonds. The summed E-state index contributed by atoms with van der Waals surface area (Å²) in [6, 6.07) is 10.7. The Labute approximate surface area is 231 Å². The molecule has 1 aromatic carbocycles. The Hall–Kier alpha value is -4.46. The monoisotopic (exact) mass is 571 g/mol. The summed E-state index contributed by atoms with van der Waals surface area (Å²) in [7, 11) is 1.55. The Morgan fingerprint density at radius 3 is 2.52 bits per heavy atom. The quantitative estimate of drug-likeness (QED) is 0.253. The molecule has 0 saturated carbocycles. The van der Waals surface area contributed by atoms with E-state index in [1.54, 1.807) is 31.3 Å². The number of pyridine rings is 1. The van der Waals surface area contributed by atoms with Crippen molar-refractivity contribution >= 4 is 29.0 Å². The van der Waals surface area contributed by atoms with Crippen LogP contribution in [0.15, 0.2) is 54.9 Å². The molecule has 0 unspecified atom stereocenters. The van der Waals surface area contributed by atoms with Crippen LogP contribution in [0.3, 0.4) is 0 Å². The zero-order chi connectivity index (χ0) is 28.5. The number of alkyl halides is 3. The van der Waals surface area contributed by atoms with Gasteiger partial charge in [0.2, 0.25) is 10.9 Å². The molecule has 0 aliphatic heterocycles. The normalized spacial score (nSPS) is 11.2. The van der Waals surface area contributed by atoms with Crippen molar-refractivity contribution in [1.29, 1.82) is 0 Å². The highest BCUT2D eigenvalue weighted by Crippen LogP contribution is 2.28. The summed E-state index contributed by atoms with van der Waals surface area (Å²) in [6.07, 6.45) is 1.27. The number of aryl methyl sites for hydroxylation is 2. The lowest BCUT2D eigenvalue weighted by Gasteiger charge is -2.10. The molecule has 4 aromatic rings. The van der Waals surface area contributed by atoms with E-state index in [0.717, 1.165) is 23.5 Å². The number of aromatic nitrogens is 5. The first-order valence-electron chi connectivity index (χ1n) is 12.2. The highest BCUT2D eigenvalue weighted by atomic mass is 32.1. The van der Waals surface area contributed by atoms with Crippen LogP contribution in [0.1, 0.15) is 38.9 Å². The second-order valence-corrected chi connectivity index (χ2v) is 9.64. The summed E-state index contributed by atoms with van der Waals surface area (Å²) in [4.78, 5) is 28.2. The highest BCUT2D eigenvalue weighted by molar-refractivity contribution is 7.13. The van der Waals surface area contributed by atoms with Crippen LogP contribution in [-0.2, 0) is 24.1 Å². The van der Waals surface area contributed by atoms with Crippen LogP contribution in [0, 0.1) is 0 Å². The summed E-state index contributed by atoms with van der Waals surface area (Å²) in [5.41, 5.74) is 2.35. The molecular formula is C26H24F3N7O3S. The first-order chi connectivity index (χ1) is 19.2. The van der Waals surface area contributed by atoms with Crippen molar-refractivity contribution in [2.75, 3.05) is 12.4 Å². The Bertz CT molecular complexity index is 1460. The molecule has 2 N–H and O–H groups in total. The zero-order valence-corrected chi connectivity index (χ0v) is 22.1. The van der Waals surface area contributed by atoms with E-state index in [2.05, 4.69) is 40.7 Å². The molecule has 0 fully saturated rings. The molecule has 0 aliphatic rings. The number of nitrogens with one attached hydrogen (secondary N) is 2. The Balaban J connectivity index is 1.25. The van der Waals surface area contributed by atoms with Crippen molar-refractivity contribution in [1.82, 2.24) is 30.7 Å². The van der Waals surface area contributed by atoms with E-state index in [-0.39, 0.29) is 24.0 Å². The van der Waals surface area contributed by atoms with Crippen LogP contribution in [0.2, 0.25) is 0 Å². The van der Waals surface area contributed by atoms with Gasteiger partial charge in [0.15, 0.2) is 5.82 Å². The number of halogens is 3. The maximum atomic E-state index is 12.5. The highest BCUT2D eigenvalue weighted by Gasteiger charge is 2.31. The van der Waals surface area contributed by atoms with Crippen molar-refractivity contribution in [3.8, 4) is 16.9 Å². The topological polar surface area (TPSA) is 132 Å². The predicted octanol–water partition coefficient (Wildman–Crippen LogP) is 4.39. The zero-order valence-electron chi connectivity index (χ0n) is 21.2. The SMILES string of the molecule is CNC(=O)c1nnc(CCCCc2ccc(NC(=O)Cc3cncc(-c4cccc(OC(F)(F)F)c4)c3)nn2)s1. The van der Waals surface area contributed by atoms with Gasteiger partial charge in [0.05, 0.1) is 12.1 Å². The van der Waals surface area contributed by atoms with Gasteiger partial charge < -0.3 is 15.4 Å². The third-order valence-electron chi connectivity index (χ3n) is 5.51. The molecule has 208 valence electrons. The number of amides is 2. The Kier molecular flexibility index (Phi) is 9.32. The molecular weight excluding hydrogens is 547 g/mol. The van der Waals surface area contributed by atoms with Gasteiger partial charge in [-0.25, -0.2) is 0 Å². The number of rotatable bonds is 11. The van der Waals surface area contributed by atoms with Gasteiger partial charge in [0.25, 0.3) is 5.91 Å². The number of ether oxygens (including phenoxy) is 1. The molecule has 0 atom stereocenters. The van der Waals surface area contributed by atoms with E-state index >= 15 is 0 Å². The van der Waals surface area contributed by atoms with Crippen molar-refractivity contribution in [2.24, 2.45) is 0 Å².